The predicted molar refractivity (Wildman–Crippen MR) is 92.3 cm³/mol. The molecule has 6 heteroatoms. The molecule has 2 aromatic carbocycles. The van der Waals surface area contributed by atoms with Gasteiger partial charge >= 0.3 is 11.8 Å². The van der Waals surface area contributed by atoms with E-state index in [-0.39, 0.29) is 11.8 Å². The van der Waals surface area contributed by atoms with Crippen LogP contribution < -0.4 is 10.1 Å². The molecule has 1 amide bonds. The third-order valence-electron chi connectivity index (χ3n) is 3.74. The fourth-order valence-corrected chi connectivity index (χ4v) is 2.34. The first-order valence-corrected chi connectivity index (χ1v) is 8.02. The van der Waals surface area contributed by atoms with E-state index in [9.17, 15) is 4.79 Å². The van der Waals surface area contributed by atoms with E-state index in [0.717, 1.165) is 17.7 Å². The molecular weight excluding hydrogens is 318 g/mol. The molecule has 1 heterocycles. The number of carbonyl (C=O) groups is 1. The van der Waals surface area contributed by atoms with Crippen molar-refractivity contribution < 1.29 is 13.9 Å². The third kappa shape index (κ3) is 4.67. The van der Waals surface area contributed by atoms with Gasteiger partial charge in [0, 0.05) is 13.0 Å². The highest BCUT2D eigenvalue weighted by atomic mass is 16.5. The van der Waals surface area contributed by atoms with Gasteiger partial charge in [-0.25, -0.2) is 0 Å². The molecule has 0 bridgehead atoms. The first kappa shape index (κ1) is 16.7. The van der Waals surface area contributed by atoms with Crippen LogP contribution in [-0.4, -0.2) is 23.2 Å². The van der Waals surface area contributed by atoms with E-state index in [4.69, 9.17) is 9.15 Å². The lowest BCUT2D eigenvalue weighted by Crippen LogP contribution is -2.23. The Labute approximate surface area is 145 Å². The molecule has 0 aliphatic carbocycles. The predicted octanol–water partition coefficient (Wildman–Crippen LogP) is 2.79. The van der Waals surface area contributed by atoms with Gasteiger partial charge < -0.3 is 14.5 Å². The Morgan fingerprint density at radius 3 is 2.48 bits per heavy atom. The van der Waals surface area contributed by atoms with Crippen LogP contribution in [0.1, 0.15) is 27.7 Å². The second kappa shape index (κ2) is 8.10. The fraction of sp³-hybridized carbons (Fsp3) is 0.211. The number of aryl methyl sites for hydroxylation is 2. The van der Waals surface area contributed by atoms with Gasteiger partial charge in [-0.1, -0.05) is 42.5 Å². The summed E-state index contributed by atoms with van der Waals surface area (Å²) in [5.41, 5.74) is 2.14. The van der Waals surface area contributed by atoms with E-state index in [1.807, 2.05) is 54.6 Å². The minimum atomic E-state index is -0.380. The molecule has 0 aliphatic rings. The van der Waals surface area contributed by atoms with Crippen LogP contribution in [0.15, 0.2) is 59.0 Å². The van der Waals surface area contributed by atoms with Gasteiger partial charge in [-0.3, -0.25) is 4.79 Å². The molecule has 0 saturated carbocycles. The number of hydrogen-bond donors (Lipinski definition) is 1. The van der Waals surface area contributed by atoms with Gasteiger partial charge in [0.15, 0.2) is 0 Å². The minimum Gasteiger partial charge on any atom is -0.497 e. The van der Waals surface area contributed by atoms with Crippen LogP contribution >= 0.6 is 0 Å². The van der Waals surface area contributed by atoms with Crippen LogP contribution in [0.25, 0.3) is 0 Å². The summed E-state index contributed by atoms with van der Waals surface area (Å²) in [6.07, 6.45) is 1.39. The van der Waals surface area contributed by atoms with Crippen LogP contribution in [0.5, 0.6) is 5.75 Å². The van der Waals surface area contributed by atoms with Crippen LogP contribution in [0, 0.1) is 0 Å². The third-order valence-corrected chi connectivity index (χ3v) is 3.74. The quantitative estimate of drug-likeness (QED) is 0.717. The Bertz CT molecular complexity index is 813. The van der Waals surface area contributed by atoms with Crippen LogP contribution in [-0.2, 0) is 19.4 Å². The average molecular weight is 337 g/mol. The van der Waals surface area contributed by atoms with Gasteiger partial charge in [0.05, 0.1) is 7.11 Å². The number of amides is 1. The van der Waals surface area contributed by atoms with E-state index in [2.05, 4.69) is 15.5 Å². The monoisotopic (exact) mass is 337 g/mol. The first-order valence-electron chi connectivity index (χ1n) is 8.02. The van der Waals surface area contributed by atoms with Crippen molar-refractivity contribution in [3.05, 3.63) is 77.5 Å². The molecule has 3 rings (SSSR count). The van der Waals surface area contributed by atoms with Crippen molar-refractivity contribution >= 4 is 5.91 Å². The maximum Gasteiger partial charge on any atom is 0.309 e. The van der Waals surface area contributed by atoms with Crippen molar-refractivity contribution in [2.75, 3.05) is 7.11 Å². The number of nitrogens with one attached hydrogen (secondary N) is 1. The van der Waals surface area contributed by atoms with Crippen LogP contribution in [0.2, 0.25) is 0 Å². The van der Waals surface area contributed by atoms with Crippen molar-refractivity contribution in [2.24, 2.45) is 0 Å². The number of nitrogens with zero attached hydrogens (tertiary/aromatic N) is 2. The molecule has 0 fully saturated rings. The van der Waals surface area contributed by atoms with E-state index >= 15 is 0 Å². The molecule has 0 radical (unpaired) electrons. The Morgan fingerprint density at radius 2 is 1.76 bits per heavy atom. The van der Waals surface area contributed by atoms with E-state index < -0.39 is 0 Å². The van der Waals surface area contributed by atoms with Crippen molar-refractivity contribution in [1.29, 1.82) is 0 Å². The normalized spacial score (nSPS) is 10.4. The summed E-state index contributed by atoms with van der Waals surface area (Å²) in [5.74, 6) is 0.833. The largest absolute Gasteiger partial charge is 0.497 e. The standard InChI is InChI=1S/C19H19N3O3/c1-24-16-10-7-15(8-11-16)13-20-18(23)19-22-21-17(25-19)12-9-14-5-3-2-4-6-14/h2-8,10-11H,9,12-13H2,1H3,(H,20,23). The fourth-order valence-electron chi connectivity index (χ4n) is 2.34. The molecule has 0 saturated heterocycles. The molecule has 1 aromatic heterocycles. The zero-order valence-corrected chi connectivity index (χ0v) is 13.9. The lowest BCUT2D eigenvalue weighted by atomic mass is 10.1. The number of ether oxygens (including phenoxy) is 1. The molecule has 3 aromatic rings. The van der Waals surface area contributed by atoms with Crippen LogP contribution in [0.4, 0.5) is 0 Å². The van der Waals surface area contributed by atoms with Crippen molar-refractivity contribution in [2.45, 2.75) is 19.4 Å². The maximum atomic E-state index is 12.1. The number of hydrogen-bond acceptors (Lipinski definition) is 5. The summed E-state index contributed by atoms with van der Waals surface area (Å²) in [5, 5.41) is 10.5. The smallest absolute Gasteiger partial charge is 0.309 e. The molecule has 0 aliphatic heterocycles. The molecule has 1 N–H and O–H groups in total. The number of carbonyl (C=O) groups excluding carboxylic acids is 1. The summed E-state index contributed by atoms with van der Waals surface area (Å²) in [6, 6.07) is 17.5. The number of methoxy groups -OCH3 is 1. The molecule has 0 spiro atoms. The van der Waals surface area contributed by atoms with Gasteiger partial charge in [0.2, 0.25) is 5.89 Å². The second-order valence-electron chi connectivity index (χ2n) is 5.52. The molecule has 25 heavy (non-hydrogen) atoms. The maximum absolute atomic E-state index is 12.1. The van der Waals surface area contributed by atoms with Crippen molar-refractivity contribution in [3.63, 3.8) is 0 Å². The Balaban J connectivity index is 1.51. The van der Waals surface area contributed by atoms with Crippen molar-refractivity contribution in [3.8, 4) is 5.75 Å². The number of benzene rings is 2. The topological polar surface area (TPSA) is 77.2 Å². The molecule has 6 nitrogen and oxygen atoms in total. The summed E-state index contributed by atoms with van der Waals surface area (Å²) < 4.78 is 10.5. The zero-order chi connectivity index (χ0) is 17.5. The SMILES string of the molecule is COc1ccc(CNC(=O)c2nnc(CCc3ccccc3)o2)cc1. The van der Waals surface area contributed by atoms with Gasteiger partial charge in [-0.15, -0.1) is 10.2 Å². The lowest BCUT2D eigenvalue weighted by Gasteiger charge is -2.04. The highest BCUT2D eigenvalue weighted by Gasteiger charge is 2.14. The highest BCUT2D eigenvalue weighted by Crippen LogP contribution is 2.11. The van der Waals surface area contributed by atoms with Gasteiger partial charge in [0.25, 0.3) is 0 Å². The summed E-state index contributed by atoms with van der Waals surface area (Å²) in [6.45, 7) is 0.380. The molecule has 128 valence electrons. The van der Waals surface area contributed by atoms with E-state index in [1.54, 1.807) is 7.11 Å². The van der Waals surface area contributed by atoms with Crippen LogP contribution in [0.3, 0.4) is 0 Å². The summed E-state index contributed by atoms with van der Waals surface area (Å²) in [7, 11) is 1.61. The Hall–Kier alpha value is -3.15. The first-order chi connectivity index (χ1) is 12.2. The Morgan fingerprint density at radius 1 is 1.00 bits per heavy atom. The number of rotatable bonds is 7. The van der Waals surface area contributed by atoms with Crippen molar-refractivity contribution in [1.82, 2.24) is 15.5 Å². The molecule has 0 atom stereocenters. The second-order valence-corrected chi connectivity index (χ2v) is 5.52. The highest BCUT2D eigenvalue weighted by molar-refractivity contribution is 5.89. The van der Waals surface area contributed by atoms with Gasteiger partial charge in [-0.05, 0) is 29.7 Å². The Kier molecular flexibility index (Phi) is 5.41. The molecular formula is C19H19N3O3. The lowest BCUT2D eigenvalue weighted by molar-refractivity contribution is 0.0914. The van der Waals surface area contributed by atoms with E-state index in [1.165, 1.54) is 5.56 Å². The summed E-state index contributed by atoms with van der Waals surface area (Å²) >= 11 is 0. The molecule has 0 unspecified atom stereocenters. The average Bonchev–Trinajstić information content (AvgIpc) is 3.15. The zero-order valence-electron chi connectivity index (χ0n) is 13.9. The van der Waals surface area contributed by atoms with Gasteiger partial charge in [-0.2, -0.15) is 0 Å². The minimum absolute atomic E-state index is 0.0171. The van der Waals surface area contributed by atoms with E-state index in [0.29, 0.717) is 18.9 Å². The summed E-state index contributed by atoms with van der Waals surface area (Å²) in [4.78, 5) is 12.1. The number of aromatic nitrogens is 2. The van der Waals surface area contributed by atoms with Gasteiger partial charge in [0.1, 0.15) is 5.75 Å².